The van der Waals surface area contributed by atoms with Crippen LogP contribution in [0.4, 0.5) is 15.3 Å². The molecule has 1 aromatic rings. The van der Waals surface area contributed by atoms with Crippen molar-refractivity contribution in [2.24, 2.45) is 11.3 Å². The summed E-state index contributed by atoms with van der Waals surface area (Å²) in [5.41, 5.74) is 0.566. The maximum absolute atomic E-state index is 12.5. The van der Waals surface area contributed by atoms with E-state index in [0.29, 0.717) is 37.9 Å². The number of anilines is 1. The molecule has 0 aromatic heterocycles. The SMILES string of the molecule is CCOC(=O)C1(C(=O)OCC)CC(Cc2ccc3c(c2)C2(CCN(C(=O)O)C2)CN3C(=O)O)C1. The van der Waals surface area contributed by atoms with Crippen molar-refractivity contribution in [3.63, 3.8) is 0 Å². The second-order valence-corrected chi connectivity index (χ2v) is 9.46. The number of carbonyl (C=O) groups is 4. The second kappa shape index (κ2) is 8.81. The molecule has 1 spiro atoms. The molecule has 184 valence electrons. The highest BCUT2D eigenvalue weighted by atomic mass is 16.6. The Morgan fingerprint density at radius 2 is 1.65 bits per heavy atom. The van der Waals surface area contributed by atoms with Crippen molar-refractivity contribution < 1.29 is 38.9 Å². The number of fused-ring (bicyclic) bond motifs is 2. The number of benzene rings is 1. The molecular weight excluding hydrogens is 444 g/mol. The number of carboxylic acid groups (broad SMARTS) is 2. The minimum absolute atomic E-state index is 0.0684. The van der Waals surface area contributed by atoms with Crippen LogP contribution in [0.3, 0.4) is 0 Å². The number of likely N-dealkylation sites (tertiary alicyclic amines) is 1. The van der Waals surface area contributed by atoms with Gasteiger partial charge in [0.25, 0.3) is 0 Å². The zero-order valence-electron chi connectivity index (χ0n) is 19.4. The van der Waals surface area contributed by atoms with Crippen molar-refractivity contribution in [2.75, 3.05) is 37.7 Å². The third kappa shape index (κ3) is 3.84. The van der Waals surface area contributed by atoms with Crippen LogP contribution in [0.25, 0.3) is 0 Å². The molecule has 2 aliphatic heterocycles. The summed E-state index contributed by atoms with van der Waals surface area (Å²) >= 11 is 0. The second-order valence-electron chi connectivity index (χ2n) is 9.46. The van der Waals surface area contributed by atoms with E-state index in [2.05, 4.69) is 0 Å². The predicted octanol–water partition coefficient (Wildman–Crippen LogP) is 2.87. The standard InChI is InChI=1S/C24H30N2O8/c1-3-33-19(27)24(20(28)34-4-2)11-16(12-24)9-15-5-6-18-17(10-15)23(14-26(18)22(31)32)7-8-25(13-23)21(29)30/h5-6,10,16H,3-4,7-9,11-14H2,1-2H3,(H,29,30)(H,31,32). The maximum Gasteiger partial charge on any atom is 0.411 e. The van der Waals surface area contributed by atoms with Crippen LogP contribution < -0.4 is 4.90 Å². The number of ether oxygens (including phenoxy) is 2. The Kier molecular flexibility index (Phi) is 6.18. The number of nitrogens with zero attached hydrogens (tertiary/aromatic N) is 2. The van der Waals surface area contributed by atoms with Crippen molar-refractivity contribution in [2.45, 2.75) is 44.9 Å². The third-order valence-corrected chi connectivity index (χ3v) is 7.37. The van der Waals surface area contributed by atoms with E-state index in [1.807, 2.05) is 12.1 Å². The molecule has 0 radical (unpaired) electrons. The minimum Gasteiger partial charge on any atom is -0.465 e. The Balaban J connectivity index is 1.55. The van der Waals surface area contributed by atoms with Crippen molar-refractivity contribution >= 4 is 29.8 Å². The predicted molar refractivity (Wildman–Crippen MR) is 120 cm³/mol. The van der Waals surface area contributed by atoms with E-state index in [9.17, 15) is 29.4 Å². The summed E-state index contributed by atoms with van der Waals surface area (Å²) in [6.45, 7) is 4.60. The fourth-order valence-electron chi connectivity index (χ4n) is 5.76. The van der Waals surface area contributed by atoms with E-state index >= 15 is 0 Å². The van der Waals surface area contributed by atoms with Gasteiger partial charge in [0.15, 0.2) is 5.41 Å². The van der Waals surface area contributed by atoms with Crippen molar-refractivity contribution in [1.82, 2.24) is 4.90 Å². The molecule has 0 bridgehead atoms. The molecule has 10 heteroatoms. The third-order valence-electron chi connectivity index (χ3n) is 7.37. The molecule has 3 aliphatic rings. The van der Waals surface area contributed by atoms with Gasteiger partial charge in [0, 0.05) is 25.0 Å². The van der Waals surface area contributed by atoms with E-state index in [1.54, 1.807) is 19.9 Å². The average Bonchev–Trinajstić information content (AvgIpc) is 3.33. The summed E-state index contributed by atoms with van der Waals surface area (Å²) in [6.07, 6.45) is -0.237. The van der Waals surface area contributed by atoms with Gasteiger partial charge in [-0.3, -0.25) is 14.5 Å². The normalized spacial score (nSPS) is 22.9. The number of esters is 2. The number of rotatable bonds is 6. The number of hydrogen-bond acceptors (Lipinski definition) is 6. The summed E-state index contributed by atoms with van der Waals surface area (Å²) in [7, 11) is 0. The number of hydrogen-bond donors (Lipinski definition) is 2. The quantitative estimate of drug-likeness (QED) is 0.475. The van der Waals surface area contributed by atoms with E-state index < -0.39 is 35.0 Å². The largest absolute Gasteiger partial charge is 0.465 e. The topological polar surface area (TPSA) is 134 Å². The molecule has 1 aromatic carbocycles. The van der Waals surface area contributed by atoms with Crippen LogP contribution in [0.5, 0.6) is 0 Å². The summed E-state index contributed by atoms with van der Waals surface area (Å²) in [5.74, 6) is -1.03. The number of amides is 2. The molecular formula is C24H30N2O8. The molecule has 1 unspecified atom stereocenters. The van der Waals surface area contributed by atoms with Gasteiger partial charge in [-0.15, -0.1) is 0 Å². The highest BCUT2D eigenvalue weighted by Crippen LogP contribution is 2.51. The maximum atomic E-state index is 12.5. The van der Waals surface area contributed by atoms with E-state index in [-0.39, 0.29) is 32.2 Å². The molecule has 2 N–H and O–H groups in total. The van der Waals surface area contributed by atoms with Crippen LogP contribution in [0.1, 0.15) is 44.2 Å². The first-order valence-electron chi connectivity index (χ1n) is 11.6. The van der Waals surface area contributed by atoms with Crippen LogP contribution in [0, 0.1) is 11.3 Å². The van der Waals surface area contributed by atoms with Gasteiger partial charge >= 0.3 is 24.1 Å². The Morgan fingerprint density at radius 3 is 2.18 bits per heavy atom. The molecule has 1 saturated carbocycles. The molecule has 1 atom stereocenters. The average molecular weight is 475 g/mol. The van der Waals surface area contributed by atoms with Crippen molar-refractivity contribution in [1.29, 1.82) is 0 Å². The lowest BCUT2D eigenvalue weighted by molar-refractivity contribution is -0.183. The first-order chi connectivity index (χ1) is 16.2. The zero-order valence-corrected chi connectivity index (χ0v) is 19.4. The molecule has 34 heavy (non-hydrogen) atoms. The van der Waals surface area contributed by atoms with E-state index in [0.717, 1.165) is 11.1 Å². The van der Waals surface area contributed by atoms with Gasteiger partial charge < -0.3 is 24.6 Å². The van der Waals surface area contributed by atoms with Gasteiger partial charge in [-0.2, -0.15) is 0 Å². The smallest absolute Gasteiger partial charge is 0.411 e. The molecule has 2 amide bonds. The lowest BCUT2D eigenvalue weighted by atomic mass is 9.60. The van der Waals surface area contributed by atoms with Gasteiger partial charge in [-0.1, -0.05) is 12.1 Å². The lowest BCUT2D eigenvalue weighted by Crippen LogP contribution is -2.52. The first kappa shape index (κ1) is 23.8. The van der Waals surface area contributed by atoms with E-state index in [4.69, 9.17) is 9.47 Å². The van der Waals surface area contributed by atoms with Crippen LogP contribution in [0.15, 0.2) is 18.2 Å². The number of carbonyl (C=O) groups excluding carboxylic acids is 2. The minimum atomic E-state index is -1.26. The van der Waals surface area contributed by atoms with Crippen molar-refractivity contribution in [3.8, 4) is 0 Å². The van der Waals surface area contributed by atoms with Crippen LogP contribution >= 0.6 is 0 Å². The molecule has 4 rings (SSSR count). The van der Waals surface area contributed by atoms with Crippen LogP contribution in [0.2, 0.25) is 0 Å². The Hall–Kier alpha value is -3.30. The molecule has 2 heterocycles. The van der Waals surface area contributed by atoms with Crippen LogP contribution in [-0.2, 0) is 30.9 Å². The summed E-state index contributed by atoms with van der Waals surface area (Å²) in [5, 5.41) is 19.1. The van der Waals surface area contributed by atoms with Crippen molar-refractivity contribution in [3.05, 3.63) is 29.3 Å². The summed E-state index contributed by atoms with van der Waals surface area (Å²) < 4.78 is 10.3. The fourth-order valence-corrected chi connectivity index (χ4v) is 5.76. The van der Waals surface area contributed by atoms with Gasteiger partial charge in [0.2, 0.25) is 0 Å². The monoisotopic (exact) mass is 474 g/mol. The van der Waals surface area contributed by atoms with Gasteiger partial charge in [0.1, 0.15) is 0 Å². The fraction of sp³-hybridized carbons (Fsp3) is 0.583. The molecule has 1 aliphatic carbocycles. The zero-order chi connectivity index (χ0) is 24.7. The highest BCUT2D eigenvalue weighted by molar-refractivity contribution is 6.01. The molecule has 1 saturated heterocycles. The molecule has 10 nitrogen and oxygen atoms in total. The summed E-state index contributed by atoms with van der Waals surface area (Å²) in [4.78, 5) is 51.1. The van der Waals surface area contributed by atoms with Gasteiger partial charge in [-0.25, -0.2) is 9.59 Å². The lowest BCUT2D eigenvalue weighted by Gasteiger charge is -2.43. The van der Waals surface area contributed by atoms with Gasteiger partial charge in [0.05, 0.1) is 18.9 Å². The Bertz CT molecular complexity index is 998. The van der Waals surface area contributed by atoms with Gasteiger partial charge in [-0.05, 0) is 62.6 Å². The Morgan fingerprint density at radius 1 is 1.00 bits per heavy atom. The van der Waals surface area contributed by atoms with E-state index in [1.165, 1.54) is 9.80 Å². The summed E-state index contributed by atoms with van der Waals surface area (Å²) in [6, 6.07) is 5.62. The molecule has 2 fully saturated rings. The highest BCUT2D eigenvalue weighted by Gasteiger charge is 2.58. The van der Waals surface area contributed by atoms with Crippen LogP contribution in [-0.4, -0.2) is 72.1 Å². The first-order valence-corrected chi connectivity index (χ1v) is 11.6. The Labute approximate surface area is 197 Å².